The Hall–Kier alpha value is -2.19. The maximum atomic E-state index is 12.7. The third-order valence-corrected chi connectivity index (χ3v) is 3.54. The van der Waals surface area contributed by atoms with Gasteiger partial charge in [-0.1, -0.05) is 0 Å². The van der Waals surface area contributed by atoms with Crippen LogP contribution in [0.4, 0.5) is 19.1 Å². The van der Waals surface area contributed by atoms with E-state index in [-0.39, 0.29) is 12.0 Å². The Balaban J connectivity index is 1.70. The molecule has 21 heavy (non-hydrogen) atoms. The summed E-state index contributed by atoms with van der Waals surface area (Å²) in [4.78, 5) is 9.34. The van der Waals surface area contributed by atoms with Crippen LogP contribution >= 0.6 is 0 Å². The second-order valence-electron chi connectivity index (χ2n) is 4.87. The molecule has 1 aliphatic rings. The van der Waals surface area contributed by atoms with Gasteiger partial charge in [0.2, 0.25) is 5.95 Å². The lowest BCUT2D eigenvalue weighted by Crippen LogP contribution is -2.35. The van der Waals surface area contributed by atoms with Gasteiger partial charge in [0, 0.05) is 25.3 Å². The monoisotopic (exact) mass is 298 g/mol. The summed E-state index contributed by atoms with van der Waals surface area (Å²) in [6.07, 6.45) is 1.59. The number of hydrogen-bond acceptors (Lipinski definition) is 5. The van der Waals surface area contributed by atoms with Gasteiger partial charge in [-0.05, 0) is 18.9 Å². The Morgan fingerprint density at radius 2 is 1.76 bits per heavy atom. The van der Waals surface area contributed by atoms with Crippen molar-refractivity contribution >= 4 is 5.95 Å². The van der Waals surface area contributed by atoms with Crippen LogP contribution in [0.3, 0.4) is 0 Å². The Morgan fingerprint density at radius 3 is 2.38 bits per heavy atom. The molecule has 0 N–H and O–H groups in total. The first kappa shape index (κ1) is 13.8. The van der Waals surface area contributed by atoms with Crippen LogP contribution in [0.2, 0.25) is 0 Å². The topological polar surface area (TPSA) is 59.7 Å². The Kier molecular flexibility index (Phi) is 3.48. The molecule has 1 saturated heterocycles. The van der Waals surface area contributed by atoms with E-state index in [1.165, 1.54) is 0 Å². The Labute approximate surface area is 118 Å². The van der Waals surface area contributed by atoms with Gasteiger partial charge in [0.15, 0.2) is 0 Å². The van der Waals surface area contributed by atoms with Crippen LogP contribution < -0.4 is 4.90 Å². The van der Waals surface area contributed by atoms with E-state index in [1.807, 2.05) is 4.57 Å². The van der Waals surface area contributed by atoms with E-state index < -0.39 is 11.9 Å². The fourth-order valence-electron chi connectivity index (χ4n) is 2.42. The number of aromatic nitrogens is 5. The van der Waals surface area contributed by atoms with Gasteiger partial charge in [0.25, 0.3) is 0 Å². The minimum absolute atomic E-state index is 0.132. The molecule has 0 amide bonds. The average molecular weight is 298 g/mol. The maximum Gasteiger partial charge on any atom is 0.433 e. The molecule has 0 bridgehead atoms. The van der Waals surface area contributed by atoms with Gasteiger partial charge in [-0.25, -0.2) is 9.97 Å². The fraction of sp³-hybridized carbons (Fsp3) is 0.500. The number of alkyl halides is 3. The summed E-state index contributed by atoms with van der Waals surface area (Å²) in [5.41, 5.74) is -0.909. The van der Waals surface area contributed by atoms with Crippen LogP contribution in [0.25, 0.3) is 0 Å². The van der Waals surface area contributed by atoms with Crippen molar-refractivity contribution in [1.29, 1.82) is 0 Å². The lowest BCUT2D eigenvalue weighted by atomic mass is 10.1. The van der Waals surface area contributed by atoms with Crippen molar-refractivity contribution in [3.05, 3.63) is 30.6 Å². The van der Waals surface area contributed by atoms with Crippen molar-refractivity contribution in [2.24, 2.45) is 0 Å². The number of piperidine rings is 1. The van der Waals surface area contributed by atoms with Gasteiger partial charge in [0.05, 0.1) is 0 Å². The molecule has 2 aromatic rings. The second-order valence-corrected chi connectivity index (χ2v) is 4.87. The van der Waals surface area contributed by atoms with Gasteiger partial charge in [-0.2, -0.15) is 13.2 Å². The molecule has 0 aromatic carbocycles. The maximum absolute atomic E-state index is 12.7. The van der Waals surface area contributed by atoms with E-state index in [9.17, 15) is 13.2 Å². The van der Waals surface area contributed by atoms with E-state index >= 15 is 0 Å². The number of rotatable bonds is 2. The molecule has 0 radical (unpaired) electrons. The van der Waals surface area contributed by atoms with Gasteiger partial charge in [0.1, 0.15) is 18.3 Å². The molecule has 0 unspecified atom stereocenters. The van der Waals surface area contributed by atoms with Crippen LogP contribution in [0, 0.1) is 0 Å². The molecule has 0 atom stereocenters. The number of hydrogen-bond donors (Lipinski definition) is 0. The lowest BCUT2D eigenvalue weighted by Gasteiger charge is -2.32. The number of halogens is 3. The second kappa shape index (κ2) is 5.30. The van der Waals surface area contributed by atoms with E-state index in [0.717, 1.165) is 25.1 Å². The molecule has 0 spiro atoms. The van der Waals surface area contributed by atoms with E-state index in [1.54, 1.807) is 17.6 Å². The van der Waals surface area contributed by atoms with Crippen LogP contribution in [0.1, 0.15) is 24.6 Å². The molecule has 2 aromatic heterocycles. The van der Waals surface area contributed by atoms with Gasteiger partial charge >= 0.3 is 6.18 Å². The highest BCUT2D eigenvalue weighted by Gasteiger charge is 2.33. The molecular formula is C12H13F3N6. The highest BCUT2D eigenvalue weighted by molar-refractivity contribution is 5.31. The number of anilines is 1. The molecule has 0 saturated carbocycles. The molecule has 9 heteroatoms. The van der Waals surface area contributed by atoms with Crippen molar-refractivity contribution in [3.8, 4) is 0 Å². The highest BCUT2D eigenvalue weighted by atomic mass is 19.4. The predicted molar refractivity (Wildman–Crippen MR) is 67.5 cm³/mol. The third-order valence-electron chi connectivity index (χ3n) is 3.54. The van der Waals surface area contributed by atoms with Crippen LogP contribution in [0.15, 0.2) is 24.9 Å². The zero-order chi connectivity index (χ0) is 14.9. The van der Waals surface area contributed by atoms with Crippen molar-refractivity contribution in [1.82, 2.24) is 24.7 Å². The van der Waals surface area contributed by atoms with E-state index in [2.05, 4.69) is 20.2 Å². The standard InChI is InChI=1S/C12H13F3N6/c13-12(14,15)10-1-4-16-11(19-10)20-5-2-9(3-6-20)21-7-17-18-8-21/h1,4,7-9H,2-3,5-6H2. The summed E-state index contributed by atoms with van der Waals surface area (Å²) < 4.78 is 39.9. The summed E-state index contributed by atoms with van der Waals surface area (Å²) in [6, 6.07) is 1.15. The summed E-state index contributed by atoms with van der Waals surface area (Å²) >= 11 is 0. The predicted octanol–water partition coefficient (Wildman–Crippen LogP) is 1.93. The summed E-state index contributed by atoms with van der Waals surface area (Å²) in [6.45, 7) is 1.20. The third kappa shape index (κ3) is 2.96. The molecule has 3 heterocycles. The minimum Gasteiger partial charge on any atom is -0.341 e. The molecule has 112 valence electrons. The summed E-state index contributed by atoms with van der Waals surface area (Å²) in [5, 5.41) is 7.53. The normalized spacial score (nSPS) is 17.2. The zero-order valence-corrected chi connectivity index (χ0v) is 11.0. The molecule has 1 aliphatic heterocycles. The van der Waals surface area contributed by atoms with Gasteiger partial charge in [-0.3, -0.25) is 0 Å². The van der Waals surface area contributed by atoms with Crippen molar-refractivity contribution < 1.29 is 13.2 Å². The van der Waals surface area contributed by atoms with Gasteiger partial charge < -0.3 is 9.47 Å². The first-order chi connectivity index (χ1) is 10.0. The molecule has 1 fully saturated rings. The molecule has 6 nitrogen and oxygen atoms in total. The van der Waals surface area contributed by atoms with Crippen LogP contribution in [-0.2, 0) is 6.18 Å². The molecule has 0 aliphatic carbocycles. The van der Waals surface area contributed by atoms with Crippen molar-refractivity contribution in [2.45, 2.75) is 25.1 Å². The SMILES string of the molecule is FC(F)(F)c1ccnc(N2CCC(n3cnnc3)CC2)n1. The Morgan fingerprint density at radius 1 is 1.10 bits per heavy atom. The van der Waals surface area contributed by atoms with Crippen LogP contribution in [-0.4, -0.2) is 37.8 Å². The molecule has 3 rings (SSSR count). The largest absolute Gasteiger partial charge is 0.433 e. The Bertz CT molecular complexity index is 589. The van der Waals surface area contributed by atoms with Gasteiger partial charge in [-0.15, -0.1) is 10.2 Å². The van der Waals surface area contributed by atoms with E-state index in [4.69, 9.17) is 0 Å². The summed E-state index contributed by atoms with van der Waals surface area (Å²) in [7, 11) is 0. The summed E-state index contributed by atoms with van der Waals surface area (Å²) in [5.74, 6) is 0.132. The van der Waals surface area contributed by atoms with Crippen molar-refractivity contribution in [2.75, 3.05) is 18.0 Å². The smallest absolute Gasteiger partial charge is 0.341 e. The van der Waals surface area contributed by atoms with E-state index in [0.29, 0.717) is 13.1 Å². The minimum atomic E-state index is -4.45. The quantitative estimate of drug-likeness (QED) is 0.848. The number of nitrogens with zero attached hydrogens (tertiary/aromatic N) is 6. The first-order valence-corrected chi connectivity index (χ1v) is 6.53. The molecular weight excluding hydrogens is 285 g/mol. The van der Waals surface area contributed by atoms with Crippen LogP contribution in [0.5, 0.6) is 0 Å². The van der Waals surface area contributed by atoms with Crippen molar-refractivity contribution in [3.63, 3.8) is 0 Å². The first-order valence-electron chi connectivity index (χ1n) is 6.53. The lowest BCUT2D eigenvalue weighted by molar-refractivity contribution is -0.141. The zero-order valence-electron chi connectivity index (χ0n) is 11.0. The highest BCUT2D eigenvalue weighted by Crippen LogP contribution is 2.29. The fourth-order valence-corrected chi connectivity index (χ4v) is 2.42. The average Bonchev–Trinajstić information content (AvgIpc) is 3.01.